The minimum atomic E-state index is 0.465. The van der Waals surface area contributed by atoms with E-state index < -0.39 is 0 Å². The number of hydrogen-bond donors (Lipinski definition) is 1. The lowest BCUT2D eigenvalue weighted by Gasteiger charge is -2.31. The molecule has 0 atom stereocenters. The highest BCUT2D eigenvalue weighted by atomic mass is 32.1. The Morgan fingerprint density at radius 3 is 2.58 bits per heavy atom. The molecule has 2 saturated heterocycles. The zero-order valence-corrected chi connectivity index (χ0v) is 16.2. The van der Waals surface area contributed by atoms with Crippen LogP contribution in [0.5, 0.6) is 0 Å². The molecule has 5 heteroatoms. The van der Waals surface area contributed by atoms with Crippen LogP contribution in [0.2, 0.25) is 0 Å². The maximum atomic E-state index is 5.88. The maximum absolute atomic E-state index is 5.88. The SMILES string of the molecule is C=C(N)C1CCN(c2ncc(-c3cccc(N4CCCCC4)c3)s2)CC1. The Hall–Kier alpha value is -2.01. The van der Waals surface area contributed by atoms with Crippen molar-refractivity contribution < 1.29 is 0 Å². The standard InChI is InChI=1S/C21H28N4S/c1-16(22)17-8-12-25(13-9-17)21-23-15-20(26-21)18-6-5-7-19(14-18)24-10-3-2-4-11-24/h5-7,14-15,17H,1-4,8-13,22H2. The summed E-state index contributed by atoms with van der Waals surface area (Å²) in [6, 6.07) is 8.95. The van der Waals surface area contributed by atoms with Crippen molar-refractivity contribution in [1.82, 2.24) is 4.98 Å². The van der Waals surface area contributed by atoms with Crippen LogP contribution in [0, 0.1) is 5.92 Å². The van der Waals surface area contributed by atoms with Crippen molar-refractivity contribution in [2.75, 3.05) is 36.0 Å². The average molecular weight is 369 g/mol. The van der Waals surface area contributed by atoms with Gasteiger partial charge in [-0.3, -0.25) is 0 Å². The second kappa shape index (κ2) is 7.70. The molecule has 0 spiro atoms. The van der Waals surface area contributed by atoms with E-state index in [0.29, 0.717) is 5.92 Å². The predicted octanol–water partition coefficient (Wildman–Crippen LogP) is 4.49. The molecule has 4 nitrogen and oxygen atoms in total. The molecule has 0 radical (unpaired) electrons. The summed E-state index contributed by atoms with van der Waals surface area (Å²) in [5.41, 5.74) is 9.34. The summed E-state index contributed by atoms with van der Waals surface area (Å²) in [4.78, 5) is 10.9. The molecule has 2 fully saturated rings. The van der Waals surface area contributed by atoms with Crippen molar-refractivity contribution in [3.63, 3.8) is 0 Å². The number of nitrogens with two attached hydrogens (primary N) is 1. The molecule has 4 rings (SSSR count). The van der Waals surface area contributed by atoms with E-state index in [9.17, 15) is 0 Å². The van der Waals surface area contributed by atoms with Gasteiger partial charge in [0.05, 0.1) is 4.88 Å². The normalized spacial score (nSPS) is 18.9. The minimum absolute atomic E-state index is 0.465. The first-order valence-corrected chi connectivity index (χ1v) is 10.5. The van der Waals surface area contributed by atoms with Gasteiger partial charge >= 0.3 is 0 Å². The van der Waals surface area contributed by atoms with Crippen LogP contribution in [0.1, 0.15) is 32.1 Å². The molecule has 138 valence electrons. The largest absolute Gasteiger partial charge is 0.402 e. The van der Waals surface area contributed by atoms with Gasteiger partial charge in [0.15, 0.2) is 5.13 Å². The number of thiazole rings is 1. The van der Waals surface area contributed by atoms with E-state index in [-0.39, 0.29) is 0 Å². The smallest absolute Gasteiger partial charge is 0.185 e. The summed E-state index contributed by atoms with van der Waals surface area (Å²) >= 11 is 1.80. The lowest BCUT2D eigenvalue weighted by molar-refractivity contribution is 0.456. The highest BCUT2D eigenvalue weighted by Gasteiger charge is 2.22. The predicted molar refractivity (Wildman–Crippen MR) is 112 cm³/mol. The number of aromatic nitrogens is 1. The van der Waals surface area contributed by atoms with E-state index in [4.69, 9.17) is 10.7 Å². The molecule has 3 heterocycles. The molecule has 1 aromatic carbocycles. The average Bonchev–Trinajstić information content (AvgIpc) is 3.19. The lowest BCUT2D eigenvalue weighted by Crippen LogP contribution is -2.35. The van der Waals surface area contributed by atoms with Gasteiger partial charge in [-0.05, 0) is 49.8 Å². The molecule has 26 heavy (non-hydrogen) atoms. The Kier molecular flexibility index (Phi) is 5.16. The number of allylic oxidation sites excluding steroid dienone is 1. The van der Waals surface area contributed by atoms with Gasteiger partial charge in [0.25, 0.3) is 0 Å². The topological polar surface area (TPSA) is 45.4 Å². The Morgan fingerprint density at radius 1 is 1.08 bits per heavy atom. The van der Waals surface area contributed by atoms with Gasteiger partial charge in [-0.25, -0.2) is 4.98 Å². The molecular formula is C21H28N4S. The molecule has 2 aliphatic heterocycles. The van der Waals surface area contributed by atoms with E-state index >= 15 is 0 Å². The molecule has 0 aliphatic carbocycles. The van der Waals surface area contributed by atoms with Crippen LogP contribution in [0.4, 0.5) is 10.8 Å². The van der Waals surface area contributed by atoms with Gasteiger partial charge < -0.3 is 15.5 Å². The molecule has 2 aliphatic rings. The highest BCUT2D eigenvalue weighted by molar-refractivity contribution is 7.18. The van der Waals surface area contributed by atoms with Crippen LogP contribution in [-0.4, -0.2) is 31.2 Å². The zero-order chi connectivity index (χ0) is 17.9. The number of nitrogens with zero attached hydrogens (tertiary/aromatic N) is 3. The van der Waals surface area contributed by atoms with Crippen LogP contribution in [-0.2, 0) is 0 Å². The number of benzene rings is 1. The fourth-order valence-corrected chi connectivity index (χ4v) is 4.96. The van der Waals surface area contributed by atoms with Crippen LogP contribution >= 0.6 is 11.3 Å². The van der Waals surface area contributed by atoms with Gasteiger partial charge in [0, 0.05) is 49.7 Å². The Labute approximate surface area is 160 Å². The van der Waals surface area contributed by atoms with Gasteiger partial charge in [-0.1, -0.05) is 30.0 Å². The van der Waals surface area contributed by atoms with Crippen molar-refractivity contribution in [2.45, 2.75) is 32.1 Å². The van der Waals surface area contributed by atoms with Crippen molar-refractivity contribution in [3.8, 4) is 10.4 Å². The van der Waals surface area contributed by atoms with Gasteiger partial charge in [-0.15, -0.1) is 0 Å². The number of rotatable bonds is 4. The van der Waals surface area contributed by atoms with E-state index in [1.54, 1.807) is 11.3 Å². The maximum Gasteiger partial charge on any atom is 0.185 e. The van der Waals surface area contributed by atoms with Crippen LogP contribution in [0.25, 0.3) is 10.4 Å². The van der Waals surface area contributed by atoms with Gasteiger partial charge in [0.1, 0.15) is 0 Å². The highest BCUT2D eigenvalue weighted by Crippen LogP contribution is 2.35. The van der Waals surface area contributed by atoms with Gasteiger partial charge in [-0.2, -0.15) is 0 Å². The monoisotopic (exact) mass is 368 g/mol. The third kappa shape index (κ3) is 3.73. The van der Waals surface area contributed by atoms with Crippen LogP contribution < -0.4 is 15.5 Å². The van der Waals surface area contributed by atoms with Crippen molar-refractivity contribution in [3.05, 3.63) is 42.7 Å². The summed E-state index contributed by atoms with van der Waals surface area (Å²) in [5, 5.41) is 1.13. The number of piperidine rings is 2. The first kappa shape index (κ1) is 17.4. The lowest BCUT2D eigenvalue weighted by atomic mass is 9.95. The molecule has 0 bridgehead atoms. The van der Waals surface area contributed by atoms with Crippen LogP contribution in [0.15, 0.2) is 42.7 Å². The molecule has 0 unspecified atom stereocenters. The molecule has 1 aromatic heterocycles. The van der Waals surface area contributed by atoms with E-state index in [1.165, 1.54) is 48.5 Å². The van der Waals surface area contributed by atoms with Gasteiger partial charge in [0.2, 0.25) is 0 Å². The van der Waals surface area contributed by atoms with Crippen molar-refractivity contribution in [1.29, 1.82) is 0 Å². The summed E-state index contributed by atoms with van der Waals surface area (Å²) in [7, 11) is 0. The molecule has 0 amide bonds. The number of hydrogen-bond acceptors (Lipinski definition) is 5. The fraction of sp³-hybridized carbons (Fsp3) is 0.476. The Balaban J connectivity index is 1.47. The molecule has 2 N–H and O–H groups in total. The molecule has 2 aromatic rings. The summed E-state index contributed by atoms with van der Waals surface area (Å²) in [5.74, 6) is 0.465. The Morgan fingerprint density at radius 2 is 1.85 bits per heavy atom. The molecule has 0 saturated carbocycles. The summed E-state index contributed by atoms with van der Waals surface area (Å²) < 4.78 is 0. The van der Waals surface area contributed by atoms with E-state index in [0.717, 1.165) is 36.8 Å². The van der Waals surface area contributed by atoms with Crippen LogP contribution in [0.3, 0.4) is 0 Å². The zero-order valence-electron chi connectivity index (χ0n) is 15.4. The van der Waals surface area contributed by atoms with Crippen molar-refractivity contribution in [2.24, 2.45) is 11.7 Å². The number of anilines is 2. The van der Waals surface area contributed by atoms with E-state index in [1.807, 2.05) is 6.20 Å². The first-order valence-electron chi connectivity index (χ1n) is 9.71. The third-order valence-electron chi connectivity index (χ3n) is 5.64. The minimum Gasteiger partial charge on any atom is -0.402 e. The fourth-order valence-electron chi connectivity index (χ4n) is 3.99. The van der Waals surface area contributed by atoms with Crippen molar-refractivity contribution >= 4 is 22.2 Å². The molecular weight excluding hydrogens is 340 g/mol. The third-order valence-corrected chi connectivity index (χ3v) is 6.74. The quantitative estimate of drug-likeness (QED) is 0.864. The summed E-state index contributed by atoms with van der Waals surface area (Å²) in [6.45, 7) is 8.30. The second-order valence-electron chi connectivity index (χ2n) is 7.44. The summed E-state index contributed by atoms with van der Waals surface area (Å²) in [6.07, 6.45) is 8.16. The second-order valence-corrected chi connectivity index (χ2v) is 8.45. The first-order chi connectivity index (χ1) is 12.7. The Bertz CT molecular complexity index is 755. The van der Waals surface area contributed by atoms with E-state index in [2.05, 4.69) is 40.6 Å².